The third-order valence-corrected chi connectivity index (χ3v) is 18.2. The Bertz CT molecular complexity index is 4310. The third kappa shape index (κ3) is 27.9. The molecule has 113 heavy (non-hydrogen) atoms. The van der Waals surface area contributed by atoms with Crippen LogP contribution < -0.4 is 57.9 Å². The van der Waals surface area contributed by atoms with Crippen LogP contribution in [-0.2, 0) is 96.1 Å². The highest BCUT2D eigenvalue weighted by Gasteiger charge is 2.43. The topological polar surface area (TPSA) is 567 Å². The van der Waals surface area contributed by atoms with Crippen molar-refractivity contribution in [3.63, 3.8) is 0 Å². The summed E-state index contributed by atoms with van der Waals surface area (Å²) in [7, 11) is 0. The number of ether oxygens (including phenoxy) is 1. The molecule has 1 unspecified atom stereocenters. The summed E-state index contributed by atoms with van der Waals surface area (Å²) in [6.45, 7) is 10.2. The van der Waals surface area contributed by atoms with Crippen LogP contribution >= 0.6 is 0 Å². The van der Waals surface area contributed by atoms with Crippen molar-refractivity contribution in [1.29, 1.82) is 0 Å². The van der Waals surface area contributed by atoms with Crippen LogP contribution in [0.15, 0.2) is 103 Å². The number of carbonyl (C=O) groups is 12. The van der Waals surface area contributed by atoms with Gasteiger partial charge in [-0.15, -0.1) is 10.2 Å². The molecule has 0 bridgehead atoms. The van der Waals surface area contributed by atoms with Gasteiger partial charge in [-0.1, -0.05) is 95.1 Å². The summed E-state index contributed by atoms with van der Waals surface area (Å²) in [4.78, 5) is 175. The van der Waals surface area contributed by atoms with Crippen LogP contribution in [0.25, 0.3) is 21.6 Å². The molecule has 0 aliphatic heterocycles. The van der Waals surface area contributed by atoms with Crippen LogP contribution in [-0.4, -0.2) is 220 Å². The van der Waals surface area contributed by atoms with Gasteiger partial charge in [0.2, 0.25) is 59.1 Å². The number of unbranched alkanes of at least 4 members (excludes halogenated alkanes) is 1. The van der Waals surface area contributed by atoms with E-state index < -0.39 is 175 Å². The van der Waals surface area contributed by atoms with Crippen molar-refractivity contribution in [3.8, 4) is 16.9 Å². The van der Waals surface area contributed by atoms with Gasteiger partial charge in [0.05, 0.1) is 44.7 Å². The van der Waals surface area contributed by atoms with E-state index in [0.29, 0.717) is 68.7 Å². The number of benzene rings is 4. The van der Waals surface area contributed by atoms with Crippen molar-refractivity contribution < 1.29 is 92.2 Å². The fourth-order valence-corrected chi connectivity index (χ4v) is 11.9. The molecule has 6 rings (SSSR count). The molecule has 2 heterocycles. The largest absolute Gasteiger partial charge is 0.494 e. The summed E-state index contributed by atoms with van der Waals surface area (Å²) in [6.07, 6.45) is -0.406. The summed E-state index contributed by atoms with van der Waals surface area (Å²) in [5, 5.41) is 93.4. The first-order valence-electron chi connectivity index (χ1n) is 36.4. The van der Waals surface area contributed by atoms with Gasteiger partial charge in [0.1, 0.15) is 64.8 Å². The Kier molecular flexibility index (Phi) is 34.4. The van der Waals surface area contributed by atoms with E-state index in [1.165, 1.54) is 38.4 Å². The van der Waals surface area contributed by atoms with Gasteiger partial charge in [-0.05, 0) is 144 Å². The fraction of sp³-hybridized carbons (Fsp3) is 0.467. The number of nitrogens with zero attached hydrogens (tertiary/aromatic N) is 7. The number of carboxylic acids is 2. The van der Waals surface area contributed by atoms with Crippen molar-refractivity contribution >= 4 is 71.0 Å². The van der Waals surface area contributed by atoms with E-state index in [9.17, 15) is 83.1 Å². The van der Waals surface area contributed by atoms with Crippen LogP contribution in [0.1, 0.15) is 119 Å². The van der Waals surface area contributed by atoms with Gasteiger partial charge in [0.25, 0.3) is 0 Å². The Balaban J connectivity index is 1.17. The summed E-state index contributed by atoms with van der Waals surface area (Å²) in [5.41, 5.74) is 10.7. The SMILES string of the molecule is CCc1cc(OCCCCN=[N+]=[N-])ccc1-c1ccc(C[C@H](NC(=O)[C@H](CC(=O)O)NC(=O)[C@H](CO)NC(=O)[C@@H](NC(=O)C(C)(Cc2ccccc2F)NC(=O)[C@@H](NC(=O)CNC(=O)[C@H](Cc2nn[nH]n2)NC(=O)C(C)(C)C(=O)NCCc2cnc[nH]2)[C@@H](C)O)[C@@H](C)O)C(=O)N[C@@H](CCCc2cc(C)cc(C)c2)C(=O)O)cc1. The van der Waals surface area contributed by atoms with Gasteiger partial charge in [-0.25, -0.2) is 14.2 Å². The number of rotatable bonds is 46. The number of aliphatic hydroxyl groups excluding tert-OH is 3. The number of aromatic amines is 2. The number of H-pyrrole nitrogens is 2. The van der Waals surface area contributed by atoms with Gasteiger partial charge in [0, 0.05) is 55.6 Å². The third-order valence-electron chi connectivity index (χ3n) is 18.2. The Hall–Kier alpha value is -12.3. The number of aromatic nitrogens is 6. The molecule has 0 aliphatic carbocycles. The molecule has 0 spiro atoms. The van der Waals surface area contributed by atoms with Gasteiger partial charge < -0.3 is 88.4 Å². The molecule has 0 fully saturated rings. The maximum absolute atomic E-state index is 15.5. The van der Waals surface area contributed by atoms with E-state index in [1.807, 2.05) is 51.1 Å². The smallest absolute Gasteiger partial charge is 0.326 e. The number of aliphatic hydroxyl groups is 3. The molecular weight excluding hydrogens is 1470 g/mol. The predicted octanol–water partition coefficient (Wildman–Crippen LogP) is 0.511. The number of amides is 10. The van der Waals surface area contributed by atoms with E-state index in [0.717, 1.165) is 60.2 Å². The number of halogens is 1. The van der Waals surface area contributed by atoms with Gasteiger partial charge in [-0.3, -0.25) is 52.7 Å². The van der Waals surface area contributed by atoms with Crippen molar-refractivity contribution in [2.24, 2.45) is 10.5 Å². The molecule has 10 atom stereocenters. The molecule has 38 heteroatoms. The molecule has 2 aromatic heterocycles. The number of azide groups is 1. The lowest BCUT2D eigenvalue weighted by Crippen LogP contribution is -2.67. The number of aliphatic carboxylic acids is 2. The van der Waals surface area contributed by atoms with Gasteiger partial charge >= 0.3 is 11.9 Å². The van der Waals surface area contributed by atoms with Gasteiger partial charge in [0.15, 0.2) is 5.82 Å². The van der Waals surface area contributed by atoms with Crippen molar-refractivity contribution in [2.75, 3.05) is 32.8 Å². The quantitative estimate of drug-likeness (QED) is 0.00814. The number of hydrogen-bond donors (Lipinski definition) is 17. The second-order valence-corrected chi connectivity index (χ2v) is 27.9. The number of carbonyl (C=O) groups excluding carboxylic acids is 10. The molecule has 0 radical (unpaired) electrons. The molecule has 37 nitrogen and oxygen atoms in total. The lowest BCUT2D eigenvalue weighted by atomic mass is 9.90. The van der Waals surface area contributed by atoms with Gasteiger partial charge in [-0.2, -0.15) is 5.21 Å². The standard InChI is InChI=1S/C75H98FN19O18/c1-9-47-33-51(113-28-13-12-26-82-93-77)23-24-52(47)48-21-19-45(20-22-48)32-55(65(103)83-54(70(108)109)18-14-15-46-30-41(2)29-42(3)31-46)84-66(104)57(35-61(100)101)85-67(105)58(39-96)86-68(106)62(43(4)97)89-73(112)75(8,36-49-16-10-11-17-53(49)76)90-69(107)63(44(5)98)88-60(99)38-80-64(102)56(34-59-91-94-95-92-59)87-72(111)74(6,7)71(110)79-27-25-50-37-78-40-81-50/h10-11,16-17,19-24,29-31,33,37,40,43-44,54-58,62-63,96-98H,9,12-15,18,25-28,32,34-36,38-39H2,1-8H3,(H,78,81)(H,79,110)(H,80,102)(H,83,103)(H,84,104)(H,85,105)(H,86,106)(H,87,111)(H,88,99)(H,89,112)(H,90,107)(H,100,101)(H,108,109)(H,91,92,94,95)/t43-,44-,54+,55+,56+,57+,58+,62+,63+,75?/m1/s1. The first-order chi connectivity index (χ1) is 53.6. The number of tetrazole rings is 1. The van der Waals surface area contributed by atoms with E-state index >= 15 is 4.39 Å². The Morgan fingerprint density at radius 1 is 0.664 bits per heavy atom. The minimum atomic E-state index is -2.41. The summed E-state index contributed by atoms with van der Waals surface area (Å²) in [5.74, 6) is -15.0. The Morgan fingerprint density at radius 3 is 1.93 bits per heavy atom. The number of nitrogens with one attached hydrogen (secondary N) is 12. The molecule has 0 aliphatic rings. The van der Waals surface area contributed by atoms with E-state index in [-0.39, 0.29) is 30.8 Å². The highest BCUT2D eigenvalue weighted by molar-refractivity contribution is 6.06. The molecule has 10 amide bonds. The van der Waals surface area contributed by atoms with E-state index in [1.54, 1.807) is 36.5 Å². The molecule has 0 saturated heterocycles. The Labute approximate surface area is 649 Å². The Morgan fingerprint density at radius 2 is 1.31 bits per heavy atom. The highest BCUT2D eigenvalue weighted by atomic mass is 19.1. The van der Waals surface area contributed by atoms with Crippen LogP contribution in [0.2, 0.25) is 0 Å². The molecule has 4 aromatic carbocycles. The summed E-state index contributed by atoms with van der Waals surface area (Å²) < 4.78 is 21.5. The monoisotopic (exact) mass is 1570 g/mol. The average Bonchev–Trinajstić information content (AvgIpc) is 1.38. The maximum atomic E-state index is 15.5. The minimum absolute atomic E-state index is 0.0582. The number of aryl methyl sites for hydroxylation is 4. The van der Waals surface area contributed by atoms with Crippen LogP contribution in [0.3, 0.4) is 0 Å². The zero-order valence-corrected chi connectivity index (χ0v) is 63.8. The lowest BCUT2D eigenvalue weighted by molar-refractivity contribution is -0.143. The fourth-order valence-electron chi connectivity index (χ4n) is 11.9. The average molecular weight is 1570 g/mol. The van der Waals surface area contributed by atoms with Crippen molar-refractivity contribution in [2.45, 2.75) is 186 Å². The second-order valence-electron chi connectivity index (χ2n) is 27.9. The zero-order chi connectivity index (χ0) is 83.1. The highest BCUT2D eigenvalue weighted by Crippen LogP contribution is 2.29. The van der Waals surface area contributed by atoms with E-state index in [2.05, 4.69) is 93.8 Å². The van der Waals surface area contributed by atoms with Crippen molar-refractivity contribution in [3.05, 3.63) is 159 Å². The second kappa shape index (κ2) is 43.4. The summed E-state index contributed by atoms with van der Waals surface area (Å²) >= 11 is 0. The zero-order valence-electron chi connectivity index (χ0n) is 63.8. The van der Waals surface area contributed by atoms with E-state index in [4.69, 9.17) is 10.3 Å². The first kappa shape index (κ1) is 89.6. The molecular formula is C75H98FN19O18. The minimum Gasteiger partial charge on any atom is -0.494 e. The first-order valence-corrected chi connectivity index (χ1v) is 36.4. The van der Waals surface area contributed by atoms with Crippen LogP contribution in [0.5, 0.6) is 5.75 Å². The number of imidazole rings is 1. The maximum Gasteiger partial charge on any atom is 0.326 e. The van der Waals surface area contributed by atoms with Crippen molar-refractivity contribution in [1.82, 2.24) is 83.8 Å². The van der Waals surface area contributed by atoms with Crippen LogP contribution in [0.4, 0.5) is 4.39 Å². The number of hydrogen-bond acceptors (Lipinski definition) is 21. The van der Waals surface area contributed by atoms with Crippen LogP contribution in [0, 0.1) is 25.1 Å². The molecule has 0 saturated carbocycles. The molecule has 608 valence electrons. The molecule has 6 aromatic rings. The number of carboxylic acid groups (broad SMARTS) is 2. The lowest BCUT2D eigenvalue weighted by Gasteiger charge is -2.34. The molecule has 17 N–H and O–H groups in total. The normalized spacial score (nSPS) is 14.1. The predicted molar refractivity (Wildman–Crippen MR) is 403 cm³/mol. The summed E-state index contributed by atoms with van der Waals surface area (Å²) in [6, 6.07) is 10.2.